The first-order valence-electron chi connectivity index (χ1n) is 7.74. The van der Waals surface area contributed by atoms with E-state index in [9.17, 15) is 13.2 Å². The molecule has 3 aliphatic heterocycles. The molecule has 2 aromatic heterocycles. The van der Waals surface area contributed by atoms with Gasteiger partial charge < -0.3 is 9.80 Å². The fourth-order valence-corrected chi connectivity index (χ4v) is 3.45. The molecule has 3 aliphatic rings. The highest BCUT2D eigenvalue weighted by Gasteiger charge is 2.46. The minimum atomic E-state index is -4.48. The SMILES string of the molecule is N#Cc1ccc(N2C3CC2CN(c2cc(C(F)(F)F)ncn2)C3)nc1. The largest absolute Gasteiger partial charge is 0.433 e. The van der Waals surface area contributed by atoms with Crippen LogP contribution in [0, 0.1) is 11.3 Å². The van der Waals surface area contributed by atoms with Gasteiger partial charge in [-0.15, -0.1) is 0 Å². The van der Waals surface area contributed by atoms with Gasteiger partial charge in [-0.1, -0.05) is 0 Å². The number of aromatic nitrogens is 3. The Morgan fingerprint density at radius 3 is 2.44 bits per heavy atom. The highest BCUT2D eigenvalue weighted by molar-refractivity contribution is 5.53. The van der Waals surface area contributed by atoms with Gasteiger partial charge >= 0.3 is 6.18 Å². The predicted molar refractivity (Wildman–Crippen MR) is 82.9 cm³/mol. The summed E-state index contributed by atoms with van der Waals surface area (Å²) in [6.07, 6.45) is -1.02. The Balaban J connectivity index is 1.51. The monoisotopic (exact) mass is 346 g/mol. The fraction of sp³-hybridized carbons (Fsp3) is 0.375. The molecule has 0 saturated carbocycles. The van der Waals surface area contributed by atoms with Crippen LogP contribution in [0.15, 0.2) is 30.7 Å². The van der Waals surface area contributed by atoms with Crippen LogP contribution in [0.5, 0.6) is 0 Å². The van der Waals surface area contributed by atoms with Crippen molar-refractivity contribution in [2.24, 2.45) is 0 Å². The summed E-state index contributed by atoms with van der Waals surface area (Å²) >= 11 is 0. The number of rotatable bonds is 2. The molecule has 2 aromatic rings. The number of hydrogen-bond acceptors (Lipinski definition) is 6. The van der Waals surface area contributed by atoms with Gasteiger partial charge in [-0.3, -0.25) is 0 Å². The van der Waals surface area contributed by atoms with Gasteiger partial charge in [0.15, 0.2) is 0 Å². The van der Waals surface area contributed by atoms with Crippen molar-refractivity contribution in [1.82, 2.24) is 15.0 Å². The van der Waals surface area contributed by atoms with E-state index in [2.05, 4.69) is 19.9 Å². The van der Waals surface area contributed by atoms with E-state index in [1.54, 1.807) is 12.1 Å². The van der Waals surface area contributed by atoms with E-state index >= 15 is 0 Å². The van der Waals surface area contributed by atoms with Gasteiger partial charge in [0.05, 0.1) is 17.6 Å². The second-order valence-corrected chi connectivity index (χ2v) is 6.13. The van der Waals surface area contributed by atoms with E-state index in [1.807, 2.05) is 11.0 Å². The summed E-state index contributed by atoms with van der Waals surface area (Å²) in [6.45, 7) is 1.15. The maximum absolute atomic E-state index is 12.8. The maximum atomic E-state index is 12.8. The van der Waals surface area contributed by atoms with Crippen molar-refractivity contribution in [2.45, 2.75) is 24.7 Å². The molecule has 0 amide bonds. The number of anilines is 2. The lowest BCUT2D eigenvalue weighted by Crippen LogP contribution is -2.69. The number of alkyl halides is 3. The zero-order valence-electron chi connectivity index (χ0n) is 13.0. The van der Waals surface area contributed by atoms with E-state index in [0.29, 0.717) is 24.5 Å². The van der Waals surface area contributed by atoms with Crippen molar-refractivity contribution in [3.05, 3.63) is 42.0 Å². The third-order valence-corrected chi connectivity index (χ3v) is 4.60. The van der Waals surface area contributed by atoms with Crippen molar-refractivity contribution >= 4 is 11.6 Å². The summed E-state index contributed by atoms with van der Waals surface area (Å²) in [4.78, 5) is 15.6. The highest BCUT2D eigenvalue weighted by atomic mass is 19.4. The first kappa shape index (κ1) is 15.6. The molecule has 2 bridgehead atoms. The summed E-state index contributed by atoms with van der Waals surface area (Å²) < 4.78 is 38.5. The van der Waals surface area contributed by atoms with Gasteiger partial charge in [-0.05, 0) is 18.6 Å². The molecule has 0 N–H and O–H groups in total. The second kappa shape index (κ2) is 5.58. The van der Waals surface area contributed by atoms with Crippen LogP contribution >= 0.6 is 0 Å². The molecule has 128 valence electrons. The van der Waals surface area contributed by atoms with Crippen molar-refractivity contribution in [3.63, 3.8) is 0 Å². The molecule has 3 saturated heterocycles. The smallest absolute Gasteiger partial charge is 0.352 e. The molecular weight excluding hydrogens is 333 g/mol. The summed E-state index contributed by atoms with van der Waals surface area (Å²) in [6, 6.07) is 6.89. The first-order chi connectivity index (χ1) is 12.0. The normalized spacial score (nSPS) is 22.3. The van der Waals surface area contributed by atoms with Gasteiger partial charge in [0.25, 0.3) is 0 Å². The number of fused-ring (bicyclic) bond motifs is 2. The van der Waals surface area contributed by atoms with Gasteiger partial charge in [-0.25, -0.2) is 15.0 Å². The molecule has 25 heavy (non-hydrogen) atoms. The molecular formula is C16H13F3N6. The standard InChI is InChI=1S/C16H13F3N6/c17-16(18,19)13-4-15(23-9-22-13)24-7-11-3-12(8-24)25(11)14-2-1-10(5-20)6-21-14/h1-2,4,6,9,11-12H,3,7-8H2. The Kier molecular flexibility index (Phi) is 3.49. The quantitative estimate of drug-likeness (QED) is 0.831. The molecule has 3 fully saturated rings. The molecule has 6 nitrogen and oxygen atoms in total. The van der Waals surface area contributed by atoms with E-state index in [4.69, 9.17) is 5.26 Å². The van der Waals surface area contributed by atoms with Crippen LogP contribution in [0.3, 0.4) is 0 Å². The van der Waals surface area contributed by atoms with E-state index in [-0.39, 0.29) is 12.1 Å². The zero-order valence-corrected chi connectivity index (χ0v) is 13.0. The summed E-state index contributed by atoms with van der Waals surface area (Å²) in [7, 11) is 0. The van der Waals surface area contributed by atoms with Gasteiger partial charge in [0.1, 0.15) is 29.7 Å². The maximum Gasteiger partial charge on any atom is 0.433 e. The summed E-state index contributed by atoms with van der Waals surface area (Å²) in [5.74, 6) is 1.09. The molecule has 2 unspecified atom stereocenters. The molecule has 0 aromatic carbocycles. The first-order valence-corrected chi connectivity index (χ1v) is 7.74. The molecule has 2 atom stereocenters. The molecule has 0 radical (unpaired) electrons. The van der Waals surface area contributed by atoms with Crippen molar-refractivity contribution in [3.8, 4) is 6.07 Å². The molecule has 0 spiro atoms. The van der Waals surface area contributed by atoms with Crippen molar-refractivity contribution in [2.75, 3.05) is 22.9 Å². The van der Waals surface area contributed by atoms with Crippen LogP contribution in [-0.4, -0.2) is 40.1 Å². The Bertz CT molecular complexity index is 817. The van der Waals surface area contributed by atoms with Crippen LogP contribution in [0.2, 0.25) is 0 Å². The number of piperidine rings is 1. The average molecular weight is 346 g/mol. The topological polar surface area (TPSA) is 68.9 Å². The number of hydrogen-bond donors (Lipinski definition) is 0. The Labute approximate surface area is 141 Å². The van der Waals surface area contributed by atoms with Crippen molar-refractivity contribution in [1.29, 1.82) is 5.26 Å². The van der Waals surface area contributed by atoms with Crippen LogP contribution in [0.25, 0.3) is 0 Å². The fourth-order valence-electron chi connectivity index (χ4n) is 3.45. The molecule has 9 heteroatoms. The van der Waals surface area contributed by atoms with Crippen LogP contribution in [-0.2, 0) is 6.18 Å². The van der Waals surface area contributed by atoms with Crippen LogP contribution < -0.4 is 9.80 Å². The number of nitrogens with zero attached hydrogens (tertiary/aromatic N) is 6. The van der Waals surface area contributed by atoms with E-state index < -0.39 is 11.9 Å². The molecule has 0 aliphatic carbocycles. The lowest BCUT2D eigenvalue weighted by Gasteiger charge is -2.57. The number of nitriles is 1. The third-order valence-electron chi connectivity index (χ3n) is 4.60. The predicted octanol–water partition coefficient (Wildman–Crippen LogP) is 2.23. The van der Waals surface area contributed by atoms with Gasteiger partial charge in [0.2, 0.25) is 0 Å². The summed E-state index contributed by atoms with van der Waals surface area (Å²) in [5.41, 5.74) is -0.431. The highest BCUT2D eigenvalue weighted by Crippen LogP contribution is 2.38. The van der Waals surface area contributed by atoms with E-state index in [0.717, 1.165) is 24.6 Å². The number of piperazine rings is 1. The second-order valence-electron chi connectivity index (χ2n) is 6.13. The lowest BCUT2D eigenvalue weighted by molar-refractivity contribution is -0.141. The van der Waals surface area contributed by atoms with Gasteiger partial charge in [-0.2, -0.15) is 18.4 Å². The van der Waals surface area contributed by atoms with Gasteiger partial charge in [0, 0.05) is 25.4 Å². The average Bonchev–Trinajstić information content (AvgIpc) is 2.62. The van der Waals surface area contributed by atoms with E-state index in [1.165, 1.54) is 6.20 Å². The van der Waals surface area contributed by atoms with Crippen LogP contribution in [0.4, 0.5) is 24.8 Å². The minimum absolute atomic E-state index is 0.170. The third kappa shape index (κ3) is 2.73. The minimum Gasteiger partial charge on any atom is -0.352 e. The molecule has 5 heterocycles. The van der Waals surface area contributed by atoms with Crippen LogP contribution in [0.1, 0.15) is 17.7 Å². The van der Waals surface area contributed by atoms with Crippen molar-refractivity contribution < 1.29 is 13.2 Å². The Hall–Kier alpha value is -2.89. The Morgan fingerprint density at radius 1 is 1.08 bits per heavy atom. The lowest BCUT2D eigenvalue weighted by atomic mass is 9.87. The number of halogens is 3. The Morgan fingerprint density at radius 2 is 1.84 bits per heavy atom. The number of pyridine rings is 1. The summed E-state index contributed by atoms with van der Waals surface area (Å²) in [5, 5.41) is 8.84. The zero-order chi connectivity index (χ0) is 17.6. The molecule has 5 rings (SSSR count).